The van der Waals surface area contributed by atoms with Gasteiger partial charge in [-0.3, -0.25) is 14.6 Å². The summed E-state index contributed by atoms with van der Waals surface area (Å²) in [5, 5.41) is 11.0. The van der Waals surface area contributed by atoms with Gasteiger partial charge in [-0.15, -0.1) is 0 Å². The fraction of sp³-hybridized carbons (Fsp3) is 0.348. The van der Waals surface area contributed by atoms with Crippen LogP contribution >= 0.6 is 0 Å². The van der Waals surface area contributed by atoms with Gasteiger partial charge in [0.1, 0.15) is 11.5 Å². The summed E-state index contributed by atoms with van der Waals surface area (Å²) in [6.07, 6.45) is 3.80. The van der Waals surface area contributed by atoms with Crippen LogP contribution in [0.2, 0.25) is 0 Å². The van der Waals surface area contributed by atoms with Crippen LogP contribution in [0.25, 0.3) is 5.76 Å². The van der Waals surface area contributed by atoms with E-state index < -0.39 is 17.7 Å². The fourth-order valence-corrected chi connectivity index (χ4v) is 3.50. The summed E-state index contributed by atoms with van der Waals surface area (Å²) in [5.74, 6) is -0.879. The third-order valence-corrected chi connectivity index (χ3v) is 4.81. The zero-order chi connectivity index (χ0) is 21.7. The number of pyridine rings is 1. The van der Waals surface area contributed by atoms with Crippen molar-refractivity contribution < 1.29 is 24.2 Å². The van der Waals surface area contributed by atoms with Crippen LogP contribution in [0.3, 0.4) is 0 Å². The molecule has 158 valence electrons. The fourth-order valence-electron chi connectivity index (χ4n) is 3.50. The zero-order valence-corrected chi connectivity index (χ0v) is 17.4. The van der Waals surface area contributed by atoms with Crippen molar-refractivity contribution in [3.63, 3.8) is 0 Å². The van der Waals surface area contributed by atoms with Gasteiger partial charge in [0.05, 0.1) is 17.7 Å². The van der Waals surface area contributed by atoms with Crippen LogP contribution in [0, 0.1) is 0 Å². The van der Waals surface area contributed by atoms with Crippen LogP contribution in [0.15, 0.2) is 54.4 Å². The predicted molar refractivity (Wildman–Crippen MR) is 112 cm³/mol. The molecule has 7 nitrogen and oxygen atoms in total. The number of Topliss-reactive ketones (excluding diaryl/α,β-unsaturated/α-hetero) is 1. The predicted octanol–water partition coefficient (Wildman–Crippen LogP) is 3.33. The van der Waals surface area contributed by atoms with Gasteiger partial charge in [0.2, 0.25) is 0 Å². The maximum absolute atomic E-state index is 12.9. The smallest absolute Gasteiger partial charge is 0.295 e. The number of carbonyl (C=O) groups excluding carboxylic acids is 2. The first-order valence-electron chi connectivity index (χ1n) is 9.88. The van der Waals surface area contributed by atoms with Crippen molar-refractivity contribution in [2.75, 3.05) is 20.3 Å². The lowest BCUT2D eigenvalue weighted by Gasteiger charge is -2.25. The van der Waals surface area contributed by atoms with Gasteiger partial charge < -0.3 is 19.5 Å². The molecule has 1 aliphatic rings. The Balaban J connectivity index is 2.02. The third-order valence-electron chi connectivity index (χ3n) is 4.81. The van der Waals surface area contributed by atoms with E-state index in [0.717, 1.165) is 0 Å². The molecule has 3 rings (SSSR count). The zero-order valence-electron chi connectivity index (χ0n) is 17.4. The number of likely N-dealkylation sites (tertiary alicyclic amines) is 1. The van der Waals surface area contributed by atoms with Crippen LogP contribution in [0.5, 0.6) is 5.75 Å². The van der Waals surface area contributed by atoms with Crippen LogP contribution < -0.4 is 4.74 Å². The summed E-state index contributed by atoms with van der Waals surface area (Å²) < 4.78 is 10.7. The molecule has 1 amide bonds. The molecule has 0 radical (unpaired) electrons. The number of carbonyl (C=O) groups is 2. The second kappa shape index (κ2) is 9.54. The molecule has 0 bridgehead atoms. The summed E-state index contributed by atoms with van der Waals surface area (Å²) in [6.45, 7) is 4.65. The number of hydrogen-bond donors (Lipinski definition) is 1. The molecule has 1 atom stereocenters. The number of methoxy groups -OCH3 is 1. The highest BCUT2D eigenvalue weighted by molar-refractivity contribution is 6.46. The Morgan fingerprint density at radius 2 is 1.80 bits per heavy atom. The van der Waals surface area contributed by atoms with Gasteiger partial charge >= 0.3 is 0 Å². The lowest BCUT2D eigenvalue weighted by Crippen LogP contribution is -2.31. The molecule has 0 aliphatic carbocycles. The van der Waals surface area contributed by atoms with Gasteiger partial charge in [-0.05, 0) is 62.2 Å². The highest BCUT2D eigenvalue weighted by Gasteiger charge is 2.45. The maximum atomic E-state index is 12.9. The van der Waals surface area contributed by atoms with Crippen LogP contribution in [-0.2, 0) is 14.3 Å². The number of aliphatic hydroxyl groups excluding tert-OH is 1. The number of rotatable bonds is 8. The average Bonchev–Trinajstić information content (AvgIpc) is 2.99. The van der Waals surface area contributed by atoms with E-state index in [-0.39, 0.29) is 17.4 Å². The van der Waals surface area contributed by atoms with Crippen molar-refractivity contribution in [3.05, 3.63) is 65.5 Å². The molecular weight excluding hydrogens is 384 g/mol. The molecule has 1 aromatic carbocycles. The lowest BCUT2D eigenvalue weighted by molar-refractivity contribution is -0.140. The minimum atomic E-state index is -0.700. The topological polar surface area (TPSA) is 89.0 Å². The second-order valence-corrected chi connectivity index (χ2v) is 7.31. The Kier molecular flexibility index (Phi) is 6.84. The number of hydrogen-bond acceptors (Lipinski definition) is 6. The van der Waals surface area contributed by atoms with Crippen molar-refractivity contribution in [1.29, 1.82) is 0 Å². The monoisotopic (exact) mass is 410 g/mol. The first-order valence-corrected chi connectivity index (χ1v) is 9.88. The van der Waals surface area contributed by atoms with Gasteiger partial charge in [-0.25, -0.2) is 0 Å². The lowest BCUT2D eigenvalue weighted by atomic mass is 9.96. The van der Waals surface area contributed by atoms with Crippen molar-refractivity contribution in [2.45, 2.75) is 32.4 Å². The molecule has 1 aromatic heterocycles. The Hall–Kier alpha value is -3.19. The second-order valence-electron chi connectivity index (χ2n) is 7.31. The van der Waals surface area contributed by atoms with Crippen LogP contribution in [0.1, 0.15) is 37.4 Å². The molecular formula is C23H26N2O5. The SMILES string of the molecule is COCCCN1C(=O)C(=O)C(=C(O)c2ccc(OC(C)C)cc2)[C@@H]1c1ccncc1. The molecule has 30 heavy (non-hydrogen) atoms. The molecule has 1 aliphatic heterocycles. The summed E-state index contributed by atoms with van der Waals surface area (Å²) in [4.78, 5) is 31.1. The van der Waals surface area contributed by atoms with E-state index in [0.29, 0.717) is 36.4 Å². The van der Waals surface area contributed by atoms with Gasteiger partial charge in [0.15, 0.2) is 0 Å². The highest BCUT2D eigenvalue weighted by Crippen LogP contribution is 2.39. The van der Waals surface area contributed by atoms with Gasteiger partial charge in [-0.2, -0.15) is 0 Å². The van der Waals surface area contributed by atoms with Crippen molar-refractivity contribution in [3.8, 4) is 5.75 Å². The van der Waals surface area contributed by atoms with E-state index in [1.165, 1.54) is 4.90 Å². The molecule has 1 fully saturated rings. The molecule has 7 heteroatoms. The molecule has 1 saturated heterocycles. The molecule has 0 spiro atoms. The van der Waals surface area contributed by atoms with E-state index in [2.05, 4.69) is 4.98 Å². The van der Waals surface area contributed by atoms with E-state index in [4.69, 9.17) is 9.47 Å². The van der Waals surface area contributed by atoms with E-state index in [1.54, 1.807) is 55.9 Å². The highest BCUT2D eigenvalue weighted by atomic mass is 16.5. The minimum absolute atomic E-state index is 0.0218. The summed E-state index contributed by atoms with van der Waals surface area (Å²) >= 11 is 0. The normalized spacial score (nSPS) is 18.3. The molecule has 2 heterocycles. The number of aliphatic hydroxyl groups is 1. The molecule has 1 N–H and O–H groups in total. The summed E-state index contributed by atoms with van der Waals surface area (Å²) in [5.41, 5.74) is 1.23. The number of benzene rings is 1. The van der Waals surface area contributed by atoms with Crippen molar-refractivity contribution in [2.24, 2.45) is 0 Å². The molecule has 0 saturated carbocycles. The first kappa shape index (κ1) is 21.5. The van der Waals surface area contributed by atoms with Gasteiger partial charge in [-0.1, -0.05) is 0 Å². The van der Waals surface area contributed by atoms with Gasteiger partial charge in [0.25, 0.3) is 11.7 Å². The number of ether oxygens (including phenoxy) is 2. The van der Waals surface area contributed by atoms with E-state index >= 15 is 0 Å². The van der Waals surface area contributed by atoms with Crippen molar-refractivity contribution >= 4 is 17.4 Å². The maximum Gasteiger partial charge on any atom is 0.295 e. The number of nitrogens with zero attached hydrogens (tertiary/aromatic N) is 2. The minimum Gasteiger partial charge on any atom is -0.507 e. The summed E-state index contributed by atoms with van der Waals surface area (Å²) in [6, 6.07) is 9.61. The van der Waals surface area contributed by atoms with Crippen LogP contribution in [-0.4, -0.2) is 53.0 Å². The number of aromatic nitrogens is 1. The molecule has 0 unspecified atom stereocenters. The van der Waals surface area contributed by atoms with E-state index in [9.17, 15) is 14.7 Å². The number of ketones is 1. The average molecular weight is 410 g/mol. The Labute approximate surface area is 175 Å². The largest absolute Gasteiger partial charge is 0.507 e. The van der Waals surface area contributed by atoms with Crippen molar-refractivity contribution in [1.82, 2.24) is 9.88 Å². The van der Waals surface area contributed by atoms with Crippen LogP contribution in [0.4, 0.5) is 0 Å². The third kappa shape index (κ3) is 4.52. The Bertz CT molecular complexity index is 922. The standard InChI is InChI=1S/C23H26N2O5/c1-15(2)30-18-7-5-17(6-8-18)21(26)19-20(16-9-11-24-12-10-16)25(13-4-14-29-3)23(28)22(19)27/h5-12,15,20,26H,4,13-14H2,1-3H3/t20-/m0/s1. The Morgan fingerprint density at radius 3 is 2.40 bits per heavy atom. The number of amides is 1. The first-order chi connectivity index (χ1) is 14.4. The quantitative estimate of drug-likeness (QED) is 0.311. The van der Waals surface area contributed by atoms with Gasteiger partial charge in [0, 0.05) is 38.2 Å². The summed E-state index contributed by atoms with van der Waals surface area (Å²) in [7, 11) is 1.58. The van der Waals surface area contributed by atoms with E-state index in [1.807, 2.05) is 13.8 Å². The Morgan fingerprint density at radius 1 is 1.13 bits per heavy atom. The molecule has 2 aromatic rings.